The van der Waals surface area contributed by atoms with Gasteiger partial charge in [0.15, 0.2) is 6.29 Å². The Morgan fingerprint density at radius 3 is 0.987 bits per heavy atom. The molecule has 0 aromatic rings. The first-order valence-corrected chi connectivity index (χ1v) is 35.4. The molecule has 7 unspecified atom stereocenters. The number of carbonyl (C=O) groups is 1. The van der Waals surface area contributed by atoms with E-state index in [-0.39, 0.29) is 12.5 Å². The lowest BCUT2D eigenvalue weighted by atomic mass is 9.99. The van der Waals surface area contributed by atoms with Crippen molar-refractivity contribution in [1.82, 2.24) is 5.32 Å². The van der Waals surface area contributed by atoms with Crippen molar-refractivity contribution in [2.75, 3.05) is 13.2 Å². The Hall–Kier alpha value is -1.07. The molecule has 1 amide bonds. The number of hydrogen-bond donors (Lipinski definition) is 6. The predicted molar refractivity (Wildman–Crippen MR) is 337 cm³/mol. The van der Waals surface area contributed by atoms with Crippen LogP contribution in [0.15, 0.2) is 12.2 Å². The van der Waals surface area contributed by atoms with Crippen LogP contribution in [0, 0.1) is 0 Å². The molecule has 470 valence electrons. The molecule has 0 spiro atoms. The van der Waals surface area contributed by atoms with Crippen LogP contribution in [-0.2, 0) is 14.3 Å². The predicted octanol–water partition coefficient (Wildman–Crippen LogP) is 19.1. The Kier molecular flexibility index (Phi) is 57.7. The monoisotopic (exact) mass is 1120 g/mol. The molecule has 0 bridgehead atoms. The maximum Gasteiger partial charge on any atom is 0.220 e. The smallest absolute Gasteiger partial charge is 0.220 e. The first-order valence-electron chi connectivity index (χ1n) is 35.4. The minimum Gasteiger partial charge on any atom is -0.394 e. The van der Waals surface area contributed by atoms with Crippen molar-refractivity contribution in [1.29, 1.82) is 0 Å². The molecular formula is C70H137NO8. The van der Waals surface area contributed by atoms with Gasteiger partial charge in [-0.2, -0.15) is 0 Å². The molecule has 7 atom stereocenters. The van der Waals surface area contributed by atoms with Gasteiger partial charge >= 0.3 is 0 Å². The molecule has 1 aliphatic heterocycles. The summed E-state index contributed by atoms with van der Waals surface area (Å²) in [5.74, 6) is -0.167. The summed E-state index contributed by atoms with van der Waals surface area (Å²) >= 11 is 0. The number of aliphatic hydroxyl groups is 5. The third-order valence-corrected chi connectivity index (χ3v) is 17.4. The maximum atomic E-state index is 13.1. The van der Waals surface area contributed by atoms with Crippen LogP contribution < -0.4 is 5.32 Å². The molecule has 1 fully saturated rings. The summed E-state index contributed by atoms with van der Waals surface area (Å²) in [6.45, 7) is 3.84. The van der Waals surface area contributed by atoms with E-state index in [1.54, 1.807) is 6.08 Å². The van der Waals surface area contributed by atoms with E-state index in [1.807, 2.05) is 6.08 Å². The summed E-state index contributed by atoms with van der Waals surface area (Å²) in [7, 11) is 0. The molecule has 0 aliphatic carbocycles. The van der Waals surface area contributed by atoms with Gasteiger partial charge < -0.3 is 40.3 Å². The second-order valence-electron chi connectivity index (χ2n) is 25.0. The van der Waals surface area contributed by atoms with Crippen molar-refractivity contribution in [2.45, 2.75) is 416 Å². The molecule has 1 heterocycles. The van der Waals surface area contributed by atoms with Gasteiger partial charge in [-0.1, -0.05) is 360 Å². The highest BCUT2D eigenvalue weighted by Crippen LogP contribution is 2.24. The molecule has 1 rings (SSSR count). The molecule has 9 nitrogen and oxygen atoms in total. The largest absolute Gasteiger partial charge is 0.394 e. The average Bonchev–Trinajstić information content (AvgIpc) is 3.47. The van der Waals surface area contributed by atoms with E-state index in [2.05, 4.69) is 19.2 Å². The van der Waals surface area contributed by atoms with Gasteiger partial charge in [0, 0.05) is 6.42 Å². The SMILES string of the molecule is CCCCCCCCCCCCCCCCCCC/C=C/C(O)C(COC1OC(CO)C(O)C(O)C1O)NC(=O)CCCCCCCCCCCCCCCCCCCCCCCCCCCCCCCCCCCCCCC. The van der Waals surface area contributed by atoms with Gasteiger partial charge in [0.1, 0.15) is 24.4 Å². The van der Waals surface area contributed by atoms with Crippen LogP contribution in [0.1, 0.15) is 373 Å². The number of allylic oxidation sites excluding steroid dienone is 1. The summed E-state index contributed by atoms with van der Waals surface area (Å²) in [5, 5.41) is 54.7. The lowest BCUT2D eigenvalue weighted by Gasteiger charge is -2.40. The van der Waals surface area contributed by atoms with E-state index in [9.17, 15) is 30.3 Å². The summed E-state index contributed by atoms with van der Waals surface area (Å²) in [5.41, 5.74) is 0. The van der Waals surface area contributed by atoms with Gasteiger partial charge in [0.25, 0.3) is 0 Å². The molecule has 1 aliphatic rings. The summed E-state index contributed by atoms with van der Waals surface area (Å²) in [4.78, 5) is 13.1. The fraction of sp³-hybridized carbons (Fsp3) is 0.957. The summed E-state index contributed by atoms with van der Waals surface area (Å²) < 4.78 is 11.3. The number of nitrogens with one attached hydrogen (secondary N) is 1. The zero-order valence-electron chi connectivity index (χ0n) is 52.7. The fourth-order valence-electron chi connectivity index (χ4n) is 11.8. The van der Waals surface area contributed by atoms with E-state index >= 15 is 0 Å². The van der Waals surface area contributed by atoms with E-state index in [4.69, 9.17) is 9.47 Å². The Balaban J connectivity index is 2.05. The minimum atomic E-state index is -1.56. The van der Waals surface area contributed by atoms with Gasteiger partial charge in [-0.3, -0.25) is 4.79 Å². The van der Waals surface area contributed by atoms with Crippen molar-refractivity contribution in [3.05, 3.63) is 12.2 Å². The topological polar surface area (TPSA) is 149 Å². The normalized spacial score (nSPS) is 18.5. The number of aliphatic hydroxyl groups excluding tert-OH is 5. The first kappa shape index (κ1) is 75.9. The van der Waals surface area contributed by atoms with E-state index < -0.39 is 49.5 Å². The summed E-state index contributed by atoms with van der Waals surface area (Å²) in [6.07, 6.45) is 70.5. The van der Waals surface area contributed by atoms with Gasteiger partial charge in [-0.05, 0) is 19.3 Å². The standard InChI is InChI=1S/C70H137NO8/c1-3-5-7-9-11-13-15-17-19-21-23-24-25-26-27-28-29-30-31-32-33-34-35-36-37-38-39-40-42-44-46-48-50-52-54-56-58-60-66(74)71-63(62-78-70-69(77)68(76)67(75)65(61-72)79-70)64(73)59-57-55-53-51-49-47-45-43-41-22-20-18-16-14-12-10-8-6-4-2/h57,59,63-65,67-70,72-73,75-77H,3-56,58,60-62H2,1-2H3,(H,71,74)/b59-57+. The second kappa shape index (κ2) is 60.1. The van der Waals surface area contributed by atoms with Crippen LogP contribution in [0.3, 0.4) is 0 Å². The summed E-state index contributed by atoms with van der Waals surface area (Å²) in [6, 6.07) is -0.801. The van der Waals surface area contributed by atoms with Gasteiger partial charge in [-0.25, -0.2) is 0 Å². The second-order valence-corrected chi connectivity index (χ2v) is 25.0. The first-order chi connectivity index (χ1) is 38.8. The third-order valence-electron chi connectivity index (χ3n) is 17.4. The lowest BCUT2D eigenvalue weighted by molar-refractivity contribution is -0.302. The van der Waals surface area contributed by atoms with Gasteiger partial charge in [0.05, 0.1) is 25.4 Å². The lowest BCUT2D eigenvalue weighted by Crippen LogP contribution is -2.60. The Morgan fingerprint density at radius 1 is 0.418 bits per heavy atom. The maximum absolute atomic E-state index is 13.1. The van der Waals surface area contributed by atoms with Crippen molar-refractivity contribution < 1.29 is 39.8 Å². The molecule has 1 saturated heterocycles. The van der Waals surface area contributed by atoms with Gasteiger partial charge in [0.2, 0.25) is 5.91 Å². The number of carbonyl (C=O) groups excluding carboxylic acids is 1. The van der Waals surface area contributed by atoms with E-state index in [0.29, 0.717) is 6.42 Å². The van der Waals surface area contributed by atoms with Crippen LogP contribution in [0.5, 0.6) is 0 Å². The third kappa shape index (κ3) is 49.0. The highest BCUT2D eigenvalue weighted by molar-refractivity contribution is 5.76. The van der Waals surface area contributed by atoms with Crippen molar-refractivity contribution in [2.24, 2.45) is 0 Å². The number of rotatable bonds is 63. The molecule has 0 aromatic carbocycles. The molecular weight excluding hydrogens is 983 g/mol. The highest BCUT2D eigenvalue weighted by atomic mass is 16.7. The molecule has 0 saturated carbocycles. The Bertz CT molecular complexity index is 1250. The average molecular weight is 1120 g/mol. The molecule has 6 N–H and O–H groups in total. The fourth-order valence-corrected chi connectivity index (χ4v) is 11.8. The molecule has 0 radical (unpaired) electrons. The number of unbranched alkanes of at least 4 members (excludes halogenated alkanes) is 53. The van der Waals surface area contributed by atoms with E-state index in [0.717, 1.165) is 38.5 Å². The van der Waals surface area contributed by atoms with Crippen molar-refractivity contribution in [3.63, 3.8) is 0 Å². The minimum absolute atomic E-state index is 0.167. The van der Waals surface area contributed by atoms with Crippen LogP contribution in [0.2, 0.25) is 0 Å². The van der Waals surface area contributed by atoms with Crippen LogP contribution in [0.4, 0.5) is 0 Å². The Morgan fingerprint density at radius 2 is 0.696 bits per heavy atom. The zero-order valence-corrected chi connectivity index (χ0v) is 52.7. The number of ether oxygens (including phenoxy) is 2. The van der Waals surface area contributed by atoms with Crippen LogP contribution in [0.25, 0.3) is 0 Å². The quantitative estimate of drug-likeness (QED) is 0.0261. The molecule has 79 heavy (non-hydrogen) atoms. The van der Waals surface area contributed by atoms with Gasteiger partial charge in [-0.15, -0.1) is 0 Å². The molecule has 0 aromatic heterocycles. The zero-order chi connectivity index (χ0) is 57.2. The van der Waals surface area contributed by atoms with Crippen LogP contribution in [-0.4, -0.2) is 87.5 Å². The van der Waals surface area contributed by atoms with Crippen molar-refractivity contribution >= 4 is 5.91 Å². The van der Waals surface area contributed by atoms with E-state index in [1.165, 1.54) is 315 Å². The number of amides is 1. The highest BCUT2D eigenvalue weighted by Gasteiger charge is 2.44. The molecule has 9 heteroatoms. The number of hydrogen-bond acceptors (Lipinski definition) is 8. The Labute approximate surface area is 490 Å². The van der Waals surface area contributed by atoms with Crippen molar-refractivity contribution in [3.8, 4) is 0 Å². The van der Waals surface area contributed by atoms with Crippen LogP contribution >= 0.6 is 0 Å².